The second-order valence-electron chi connectivity index (χ2n) is 8.14. The van der Waals surface area contributed by atoms with Crippen molar-refractivity contribution in [1.82, 2.24) is 10.2 Å². The number of halogens is 3. The van der Waals surface area contributed by atoms with Gasteiger partial charge < -0.3 is 10.2 Å². The van der Waals surface area contributed by atoms with E-state index in [-0.39, 0.29) is 28.1 Å². The standard InChI is InChI=1S/C26H26Cl3N3O4S/c1-3-30-26(34)18(2)31(16-19-8-7-9-20(27)14-19)25(33)17-32(24-13-12-21(28)15-23(24)29)37(35,36)22-10-5-4-6-11-22/h4-15,18H,3,16-17H2,1-2H3,(H,30,34)/t18-/m0/s1. The molecule has 0 fully saturated rings. The molecule has 0 aliphatic rings. The molecule has 1 atom stereocenters. The molecule has 37 heavy (non-hydrogen) atoms. The van der Waals surface area contributed by atoms with E-state index in [1.165, 1.54) is 35.2 Å². The SMILES string of the molecule is CCNC(=O)[C@H](C)N(Cc1cccc(Cl)c1)C(=O)CN(c1ccc(Cl)cc1Cl)S(=O)(=O)c1ccccc1. The first kappa shape index (κ1) is 28.8. The first-order valence-electron chi connectivity index (χ1n) is 11.4. The summed E-state index contributed by atoms with van der Waals surface area (Å²) in [6.45, 7) is 3.15. The molecule has 0 radical (unpaired) electrons. The number of benzene rings is 3. The molecule has 3 aromatic rings. The Labute approximate surface area is 232 Å². The fraction of sp³-hybridized carbons (Fsp3) is 0.231. The van der Waals surface area contributed by atoms with Crippen molar-refractivity contribution < 1.29 is 18.0 Å². The number of nitrogens with zero attached hydrogens (tertiary/aromatic N) is 2. The normalized spacial score (nSPS) is 12.0. The Morgan fingerprint density at radius 1 is 0.919 bits per heavy atom. The molecule has 0 aliphatic heterocycles. The second kappa shape index (κ2) is 12.6. The molecule has 1 N–H and O–H groups in total. The van der Waals surface area contributed by atoms with Crippen LogP contribution >= 0.6 is 34.8 Å². The second-order valence-corrected chi connectivity index (χ2v) is 11.3. The molecule has 3 aromatic carbocycles. The lowest BCUT2D eigenvalue weighted by Crippen LogP contribution is -2.51. The molecule has 196 valence electrons. The smallest absolute Gasteiger partial charge is 0.264 e. The number of hydrogen-bond donors (Lipinski definition) is 1. The molecule has 7 nitrogen and oxygen atoms in total. The van der Waals surface area contributed by atoms with Crippen LogP contribution in [0.5, 0.6) is 0 Å². The van der Waals surface area contributed by atoms with Crippen LogP contribution in [0.25, 0.3) is 0 Å². The van der Waals surface area contributed by atoms with Crippen LogP contribution in [-0.2, 0) is 26.2 Å². The largest absolute Gasteiger partial charge is 0.355 e. The lowest BCUT2D eigenvalue weighted by atomic mass is 10.1. The fourth-order valence-electron chi connectivity index (χ4n) is 3.65. The van der Waals surface area contributed by atoms with E-state index in [1.807, 2.05) is 0 Å². The lowest BCUT2D eigenvalue weighted by molar-refractivity contribution is -0.139. The summed E-state index contributed by atoms with van der Waals surface area (Å²) in [4.78, 5) is 27.8. The van der Waals surface area contributed by atoms with Crippen molar-refractivity contribution in [3.05, 3.63) is 93.4 Å². The van der Waals surface area contributed by atoms with Gasteiger partial charge in [0.25, 0.3) is 10.0 Å². The third kappa shape index (κ3) is 7.17. The van der Waals surface area contributed by atoms with Gasteiger partial charge in [0.1, 0.15) is 12.6 Å². The summed E-state index contributed by atoms with van der Waals surface area (Å²) in [6, 6.07) is 18.0. The Bertz CT molecular complexity index is 1370. The third-order valence-corrected chi connectivity index (χ3v) is 8.10. The van der Waals surface area contributed by atoms with Crippen LogP contribution in [-0.4, -0.2) is 44.3 Å². The molecular weight excluding hydrogens is 557 g/mol. The third-order valence-electron chi connectivity index (χ3n) is 5.55. The fourth-order valence-corrected chi connectivity index (χ4v) is 5.88. The Kier molecular flexibility index (Phi) is 9.84. The highest BCUT2D eigenvalue weighted by Gasteiger charge is 2.33. The summed E-state index contributed by atoms with van der Waals surface area (Å²) < 4.78 is 28.3. The van der Waals surface area contributed by atoms with Gasteiger partial charge in [0.2, 0.25) is 11.8 Å². The van der Waals surface area contributed by atoms with E-state index >= 15 is 0 Å². The average molecular weight is 583 g/mol. The number of likely N-dealkylation sites (N-methyl/N-ethyl adjacent to an activating group) is 1. The topological polar surface area (TPSA) is 86.8 Å². The van der Waals surface area contributed by atoms with Crippen molar-refractivity contribution in [1.29, 1.82) is 0 Å². The maximum absolute atomic E-state index is 13.8. The van der Waals surface area contributed by atoms with Crippen LogP contribution in [0.4, 0.5) is 5.69 Å². The maximum atomic E-state index is 13.8. The van der Waals surface area contributed by atoms with Crippen molar-refractivity contribution in [3.63, 3.8) is 0 Å². The van der Waals surface area contributed by atoms with Gasteiger partial charge in [-0.2, -0.15) is 0 Å². The van der Waals surface area contributed by atoms with Crippen LogP contribution in [0.3, 0.4) is 0 Å². The number of carbonyl (C=O) groups excluding carboxylic acids is 2. The number of anilines is 1. The summed E-state index contributed by atoms with van der Waals surface area (Å²) in [5.41, 5.74) is 0.760. The average Bonchev–Trinajstić information content (AvgIpc) is 2.86. The van der Waals surface area contributed by atoms with Gasteiger partial charge in [-0.05, 0) is 61.9 Å². The van der Waals surface area contributed by atoms with Crippen molar-refractivity contribution in [2.45, 2.75) is 31.3 Å². The summed E-state index contributed by atoms with van der Waals surface area (Å²) >= 11 is 18.5. The van der Waals surface area contributed by atoms with Crippen molar-refractivity contribution in [2.24, 2.45) is 0 Å². The summed E-state index contributed by atoms with van der Waals surface area (Å²) in [5.74, 6) is -0.982. The highest BCUT2D eigenvalue weighted by molar-refractivity contribution is 7.92. The number of nitrogens with one attached hydrogen (secondary N) is 1. The Morgan fingerprint density at radius 2 is 1.59 bits per heavy atom. The zero-order chi connectivity index (χ0) is 27.2. The van der Waals surface area contributed by atoms with Gasteiger partial charge in [-0.15, -0.1) is 0 Å². The Morgan fingerprint density at radius 3 is 2.22 bits per heavy atom. The molecule has 0 aromatic heterocycles. The van der Waals surface area contributed by atoms with Gasteiger partial charge in [0, 0.05) is 23.1 Å². The van der Waals surface area contributed by atoms with Crippen molar-refractivity contribution in [3.8, 4) is 0 Å². The number of amides is 2. The Balaban J connectivity index is 2.05. The molecule has 11 heteroatoms. The minimum absolute atomic E-state index is 0.0213. The minimum atomic E-state index is -4.22. The van der Waals surface area contributed by atoms with Gasteiger partial charge in [-0.25, -0.2) is 8.42 Å². The number of rotatable bonds is 10. The zero-order valence-electron chi connectivity index (χ0n) is 20.2. The number of sulfonamides is 1. The molecule has 0 heterocycles. The van der Waals surface area contributed by atoms with E-state index in [1.54, 1.807) is 56.3 Å². The van der Waals surface area contributed by atoms with Crippen LogP contribution in [0.2, 0.25) is 15.1 Å². The maximum Gasteiger partial charge on any atom is 0.264 e. The van der Waals surface area contributed by atoms with E-state index in [9.17, 15) is 18.0 Å². The first-order valence-corrected chi connectivity index (χ1v) is 14.0. The quantitative estimate of drug-likeness (QED) is 0.347. The predicted octanol–water partition coefficient (Wildman–Crippen LogP) is 5.40. The molecular formula is C26H26Cl3N3O4S. The van der Waals surface area contributed by atoms with Crippen LogP contribution in [0, 0.1) is 0 Å². The summed E-state index contributed by atoms with van der Waals surface area (Å²) in [6.07, 6.45) is 0. The minimum Gasteiger partial charge on any atom is -0.355 e. The van der Waals surface area contributed by atoms with E-state index in [0.29, 0.717) is 22.2 Å². The molecule has 2 amide bonds. The molecule has 0 unspecified atom stereocenters. The van der Waals surface area contributed by atoms with Crippen LogP contribution < -0.4 is 9.62 Å². The summed E-state index contributed by atoms with van der Waals surface area (Å²) in [5, 5.41) is 3.54. The van der Waals surface area contributed by atoms with E-state index < -0.39 is 28.5 Å². The first-order chi connectivity index (χ1) is 17.5. The molecule has 0 aliphatic carbocycles. The van der Waals surface area contributed by atoms with Gasteiger partial charge in [-0.3, -0.25) is 13.9 Å². The molecule has 3 rings (SSSR count). The molecule has 0 saturated heterocycles. The molecule has 0 saturated carbocycles. The highest BCUT2D eigenvalue weighted by Crippen LogP contribution is 2.33. The lowest BCUT2D eigenvalue weighted by Gasteiger charge is -2.32. The Hall–Kier alpha value is -2.78. The van der Waals surface area contributed by atoms with Crippen molar-refractivity contribution >= 4 is 62.3 Å². The van der Waals surface area contributed by atoms with Gasteiger partial charge in [-0.1, -0.05) is 65.1 Å². The van der Waals surface area contributed by atoms with Gasteiger partial charge in [0.05, 0.1) is 15.6 Å². The number of hydrogen-bond acceptors (Lipinski definition) is 4. The van der Waals surface area contributed by atoms with Gasteiger partial charge in [0.15, 0.2) is 0 Å². The van der Waals surface area contributed by atoms with E-state index in [4.69, 9.17) is 34.8 Å². The highest BCUT2D eigenvalue weighted by atomic mass is 35.5. The van der Waals surface area contributed by atoms with E-state index in [0.717, 1.165) is 4.31 Å². The zero-order valence-corrected chi connectivity index (χ0v) is 23.3. The van der Waals surface area contributed by atoms with Crippen LogP contribution in [0.1, 0.15) is 19.4 Å². The number of carbonyl (C=O) groups is 2. The molecule has 0 spiro atoms. The summed E-state index contributed by atoms with van der Waals surface area (Å²) in [7, 11) is -4.22. The van der Waals surface area contributed by atoms with Gasteiger partial charge >= 0.3 is 0 Å². The molecule has 0 bridgehead atoms. The van der Waals surface area contributed by atoms with Crippen LogP contribution in [0.15, 0.2) is 77.7 Å². The van der Waals surface area contributed by atoms with Crippen molar-refractivity contribution in [2.75, 3.05) is 17.4 Å². The predicted molar refractivity (Wildman–Crippen MR) is 148 cm³/mol. The van der Waals surface area contributed by atoms with E-state index in [2.05, 4.69) is 5.32 Å². The monoisotopic (exact) mass is 581 g/mol.